The molecule has 0 saturated heterocycles. The second-order valence-corrected chi connectivity index (χ2v) is 22.0. The predicted octanol–water partition coefficient (Wildman–Crippen LogP) is 7.31. The lowest BCUT2D eigenvalue weighted by atomic mass is 9.81. The van der Waals surface area contributed by atoms with Crippen molar-refractivity contribution in [3.05, 3.63) is 95.8 Å². The molecule has 5 rings (SSSR count). The number of alkyl carbamates (subject to hydrolysis) is 1. The lowest BCUT2D eigenvalue weighted by Crippen LogP contribution is -2.32. The molecule has 0 radical (unpaired) electrons. The molecular formula is C46H63N4O12S3+. The van der Waals surface area contributed by atoms with Gasteiger partial charge in [-0.1, -0.05) is 50.6 Å². The van der Waals surface area contributed by atoms with Crippen molar-refractivity contribution >= 4 is 59.4 Å². The van der Waals surface area contributed by atoms with E-state index in [-0.39, 0.29) is 34.8 Å². The molecule has 2 aliphatic heterocycles. The van der Waals surface area contributed by atoms with Gasteiger partial charge in [0.15, 0.2) is 5.71 Å². The van der Waals surface area contributed by atoms with Gasteiger partial charge in [-0.3, -0.25) is 18.5 Å². The van der Waals surface area contributed by atoms with Gasteiger partial charge in [0, 0.05) is 67.0 Å². The highest BCUT2D eigenvalue weighted by Gasteiger charge is 2.45. The molecule has 65 heavy (non-hydrogen) atoms. The third-order valence-corrected chi connectivity index (χ3v) is 14.6. The number of unbranched alkanes of at least 4 members (excludes halogenated alkanes) is 2. The topological polar surface area (TPSA) is 237 Å². The van der Waals surface area contributed by atoms with E-state index < -0.39 is 53.0 Å². The molecule has 356 valence electrons. The summed E-state index contributed by atoms with van der Waals surface area (Å²) in [5.74, 6) is -0.548. The molecule has 2 amide bonds. The Morgan fingerprint density at radius 1 is 0.785 bits per heavy atom. The Hall–Kier alpha value is -4.66. The Balaban J connectivity index is 1.22. The molecule has 5 N–H and O–H groups in total. The lowest BCUT2D eigenvalue weighted by Gasteiger charge is -2.27. The molecule has 2 heterocycles. The van der Waals surface area contributed by atoms with Gasteiger partial charge in [-0.05, 0) is 107 Å². The number of fused-ring (bicyclic) bond motifs is 2. The molecule has 16 nitrogen and oxygen atoms in total. The molecule has 19 heteroatoms. The zero-order valence-electron chi connectivity index (χ0n) is 37.5. The molecule has 0 aromatic heterocycles. The van der Waals surface area contributed by atoms with E-state index in [2.05, 4.69) is 27.7 Å². The quantitative estimate of drug-likeness (QED) is 0.0288. The van der Waals surface area contributed by atoms with Crippen LogP contribution < -0.4 is 15.5 Å². The summed E-state index contributed by atoms with van der Waals surface area (Å²) in [7, 11) is -13.2. The van der Waals surface area contributed by atoms with E-state index in [4.69, 9.17) is 4.74 Å². The summed E-state index contributed by atoms with van der Waals surface area (Å²) < 4.78 is 108. The Morgan fingerprint density at radius 2 is 1.46 bits per heavy atom. The van der Waals surface area contributed by atoms with Crippen molar-refractivity contribution in [1.29, 1.82) is 0 Å². The van der Waals surface area contributed by atoms with Gasteiger partial charge in [0.2, 0.25) is 11.6 Å². The highest BCUT2D eigenvalue weighted by atomic mass is 32.2. The minimum absolute atomic E-state index is 0.0774. The van der Waals surface area contributed by atoms with Gasteiger partial charge in [-0.15, -0.1) is 0 Å². The van der Waals surface area contributed by atoms with Crippen LogP contribution in [0.5, 0.6) is 0 Å². The van der Waals surface area contributed by atoms with E-state index in [1.54, 1.807) is 24.3 Å². The normalized spacial score (nSPS) is 19.6. The van der Waals surface area contributed by atoms with Crippen molar-refractivity contribution in [2.75, 3.05) is 36.8 Å². The van der Waals surface area contributed by atoms with Crippen LogP contribution in [0.3, 0.4) is 0 Å². The van der Waals surface area contributed by atoms with Gasteiger partial charge >= 0.3 is 6.09 Å². The third kappa shape index (κ3) is 13.9. The summed E-state index contributed by atoms with van der Waals surface area (Å²) >= 11 is 0. The number of rotatable bonds is 20. The maximum Gasteiger partial charge on any atom is 0.407 e. The summed E-state index contributed by atoms with van der Waals surface area (Å²) in [5.41, 5.74) is 2.89. The SMILES string of the molecule is CC1(C)C(=C/C=C/C=C/C2=[N+](CCCS(=O)(=O)O)c3ccc(S(=O)(=O)O)cc3C2(C)C)N(CCCCCC(=O)NCCCNC(=O)OC2CC/C=C/CCC2)c2ccc(S(=O)(=O)O)cc21. The van der Waals surface area contributed by atoms with Crippen molar-refractivity contribution < 1.29 is 57.8 Å². The van der Waals surface area contributed by atoms with Crippen LogP contribution in [-0.4, -0.2) is 99.2 Å². The van der Waals surface area contributed by atoms with E-state index in [0.29, 0.717) is 62.1 Å². The zero-order valence-corrected chi connectivity index (χ0v) is 40.0. The number of hydrogen-bond acceptors (Lipinski definition) is 10. The van der Waals surface area contributed by atoms with Crippen LogP contribution in [0.15, 0.2) is 94.4 Å². The summed E-state index contributed by atoms with van der Waals surface area (Å²) in [6.07, 6.45) is 20.6. The molecule has 3 aliphatic rings. The van der Waals surface area contributed by atoms with Crippen LogP contribution in [0, 0.1) is 0 Å². The average Bonchev–Trinajstić information content (AvgIpc) is 3.54. The van der Waals surface area contributed by atoms with Crippen LogP contribution >= 0.6 is 0 Å². The molecule has 2 aromatic rings. The number of anilines is 1. The number of carbonyl (C=O) groups excluding carboxylic acids is 2. The fourth-order valence-corrected chi connectivity index (χ4v) is 10.1. The van der Waals surface area contributed by atoms with Gasteiger partial charge in [-0.2, -0.15) is 29.8 Å². The van der Waals surface area contributed by atoms with Crippen molar-refractivity contribution in [2.24, 2.45) is 0 Å². The Bertz CT molecular complexity index is 2580. The van der Waals surface area contributed by atoms with Crippen LogP contribution in [0.1, 0.15) is 109 Å². The number of amides is 2. The highest BCUT2D eigenvalue weighted by molar-refractivity contribution is 7.86. The molecule has 0 saturated carbocycles. The molecule has 1 unspecified atom stereocenters. The Kier molecular flexibility index (Phi) is 17.2. The van der Waals surface area contributed by atoms with E-state index in [9.17, 15) is 48.5 Å². The summed E-state index contributed by atoms with van der Waals surface area (Å²) in [6, 6.07) is 8.79. The first kappa shape index (κ1) is 51.3. The van der Waals surface area contributed by atoms with Crippen LogP contribution in [0.4, 0.5) is 16.2 Å². The Morgan fingerprint density at radius 3 is 2.17 bits per heavy atom. The largest absolute Gasteiger partial charge is 0.446 e. The number of carbonyl (C=O) groups is 2. The smallest absolute Gasteiger partial charge is 0.407 e. The van der Waals surface area contributed by atoms with Crippen LogP contribution in [0.25, 0.3) is 0 Å². The van der Waals surface area contributed by atoms with Gasteiger partial charge in [-0.25, -0.2) is 4.79 Å². The first-order valence-corrected chi connectivity index (χ1v) is 26.5. The number of nitrogens with zero attached hydrogens (tertiary/aromatic N) is 2. The number of ether oxygens (including phenoxy) is 1. The maximum absolute atomic E-state index is 12.6. The summed E-state index contributed by atoms with van der Waals surface area (Å²) in [4.78, 5) is 26.4. The molecule has 0 spiro atoms. The number of nitrogens with one attached hydrogen (secondary N) is 2. The first-order valence-electron chi connectivity index (χ1n) is 22.0. The zero-order chi connectivity index (χ0) is 47.6. The predicted molar refractivity (Wildman–Crippen MR) is 250 cm³/mol. The molecule has 1 atom stereocenters. The van der Waals surface area contributed by atoms with E-state index in [0.717, 1.165) is 55.6 Å². The maximum atomic E-state index is 12.6. The fraction of sp³-hybridized carbons (Fsp3) is 0.500. The van der Waals surface area contributed by atoms with E-state index in [1.807, 2.05) is 50.5 Å². The second kappa shape index (κ2) is 21.8. The third-order valence-electron chi connectivity index (χ3n) is 12.1. The number of hydrogen-bond donors (Lipinski definition) is 5. The molecular weight excluding hydrogens is 897 g/mol. The Labute approximate surface area is 383 Å². The minimum atomic E-state index is -4.50. The number of allylic oxidation sites excluding steroid dienone is 8. The number of benzene rings is 2. The summed E-state index contributed by atoms with van der Waals surface area (Å²) in [5, 5.41) is 5.68. The van der Waals surface area contributed by atoms with E-state index in [1.165, 1.54) is 24.3 Å². The van der Waals surface area contributed by atoms with Crippen molar-refractivity contribution in [2.45, 2.75) is 125 Å². The molecule has 2 aromatic carbocycles. The van der Waals surface area contributed by atoms with Gasteiger partial charge in [0.05, 0.1) is 21.0 Å². The first-order chi connectivity index (χ1) is 30.5. The molecule has 0 fully saturated rings. The molecule has 0 bridgehead atoms. The van der Waals surface area contributed by atoms with Crippen LogP contribution in [-0.2, 0) is 50.7 Å². The lowest BCUT2D eigenvalue weighted by molar-refractivity contribution is -0.437. The van der Waals surface area contributed by atoms with E-state index >= 15 is 0 Å². The highest BCUT2D eigenvalue weighted by Crippen LogP contribution is 2.48. The molecule has 1 aliphatic carbocycles. The summed E-state index contributed by atoms with van der Waals surface area (Å²) in [6.45, 7) is 9.28. The van der Waals surface area contributed by atoms with Gasteiger partial charge in [0.25, 0.3) is 30.4 Å². The van der Waals surface area contributed by atoms with Crippen molar-refractivity contribution in [3.8, 4) is 0 Å². The van der Waals surface area contributed by atoms with Crippen molar-refractivity contribution in [3.63, 3.8) is 0 Å². The second-order valence-electron chi connectivity index (χ2n) is 17.6. The minimum Gasteiger partial charge on any atom is -0.446 e. The average molecular weight is 960 g/mol. The van der Waals surface area contributed by atoms with Gasteiger partial charge < -0.3 is 20.3 Å². The monoisotopic (exact) mass is 959 g/mol. The van der Waals surface area contributed by atoms with Gasteiger partial charge in [0.1, 0.15) is 12.6 Å². The fourth-order valence-electron chi connectivity index (χ4n) is 8.64. The standard InChI is InChI=1S/C46H62N4O12S3/c1-45(2)37-32-35(64(56,57)58)23-25-39(37)49(29-15-9-14-22-43(51)47-27-16-28-48-44(52)62-34-18-10-6-5-7-11-19-34)41(45)20-12-8-13-21-42-46(3,4)38-33-36(65(59,60)61)24-26-40(38)50(42)30-17-31-63(53,54)55/h5-6,8,12-13,20-21,23-26,32-34H,7,9-11,14-19,22,27-31H2,1-4H3,(H4-,47,48,51,52,53,54,55,56,57,58,59,60,61)/p+1/b6-5+. The van der Waals surface area contributed by atoms with Crippen LogP contribution in [0.2, 0.25) is 0 Å². The van der Waals surface area contributed by atoms with Crippen molar-refractivity contribution in [1.82, 2.24) is 10.6 Å².